The van der Waals surface area contributed by atoms with Gasteiger partial charge in [0.1, 0.15) is 18.8 Å². The zero-order chi connectivity index (χ0) is 19.9. The van der Waals surface area contributed by atoms with E-state index >= 15 is 0 Å². The van der Waals surface area contributed by atoms with E-state index in [1.807, 2.05) is 24.3 Å². The summed E-state index contributed by atoms with van der Waals surface area (Å²) >= 11 is 0. The number of benzene rings is 2. The van der Waals surface area contributed by atoms with Crippen LogP contribution in [0.4, 0.5) is 11.5 Å². The molecular formula is C21H22ClN3O4. The molecule has 152 valence electrons. The second-order valence-corrected chi connectivity index (χ2v) is 5.95. The van der Waals surface area contributed by atoms with Gasteiger partial charge in [-0.15, -0.1) is 18.8 Å². The fourth-order valence-electron chi connectivity index (χ4n) is 2.61. The van der Waals surface area contributed by atoms with Gasteiger partial charge in [-0.2, -0.15) is 0 Å². The van der Waals surface area contributed by atoms with Gasteiger partial charge in [-0.25, -0.2) is 9.97 Å². The first kappa shape index (κ1) is 22.2. The summed E-state index contributed by atoms with van der Waals surface area (Å²) in [6.07, 6.45) is 5.93. The standard InChI is InChI=1S/C21H21N3O4.ClH/c1-4-15-6-5-7-16(10-15)24-21-17-11-20(28-14(2)25)19(27-9-8-26-3)12-18(17)22-13-23-21;/h1,5-7,10-14,25H,8-9H2,2-3H3,(H,22,23,24);1H. The van der Waals surface area contributed by atoms with E-state index in [2.05, 4.69) is 21.2 Å². The number of ether oxygens (including phenoxy) is 3. The molecule has 2 aromatic carbocycles. The highest BCUT2D eigenvalue weighted by atomic mass is 35.5. The number of rotatable bonds is 8. The fraction of sp³-hybridized carbons (Fsp3) is 0.238. The first-order chi connectivity index (χ1) is 13.6. The molecule has 8 heteroatoms. The van der Waals surface area contributed by atoms with E-state index in [1.165, 1.54) is 13.3 Å². The number of halogens is 1. The largest absolute Gasteiger partial charge is 0.487 e. The highest BCUT2D eigenvalue weighted by Crippen LogP contribution is 2.35. The summed E-state index contributed by atoms with van der Waals surface area (Å²) < 4.78 is 16.2. The van der Waals surface area contributed by atoms with E-state index in [0.29, 0.717) is 41.4 Å². The Morgan fingerprint density at radius 3 is 2.72 bits per heavy atom. The number of aromatic nitrogens is 2. The molecule has 0 saturated heterocycles. The maximum atomic E-state index is 9.67. The van der Waals surface area contributed by atoms with Crippen LogP contribution in [0.5, 0.6) is 11.5 Å². The molecule has 0 aliphatic rings. The number of anilines is 2. The molecule has 0 saturated carbocycles. The minimum atomic E-state index is -1.00. The molecule has 3 aromatic rings. The average Bonchev–Trinajstić information content (AvgIpc) is 2.69. The van der Waals surface area contributed by atoms with Crippen LogP contribution in [0.2, 0.25) is 0 Å². The summed E-state index contributed by atoms with van der Waals surface area (Å²) in [4.78, 5) is 8.64. The van der Waals surface area contributed by atoms with Gasteiger partial charge in [0.25, 0.3) is 0 Å². The highest BCUT2D eigenvalue weighted by molar-refractivity contribution is 5.93. The van der Waals surface area contributed by atoms with Crippen LogP contribution in [0.1, 0.15) is 12.5 Å². The molecule has 29 heavy (non-hydrogen) atoms. The van der Waals surface area contributed by atoms with Gasteiger partial charge in [-0.05, 0) is 31.2 Å². The van der Waals surface area contributed by atoms with Gasteiger partial charge in [-0.1, -0.05) is 12.0 Å². The number of fused-ring (bicyclic) bond motifs is 1. The van der Waals surface area contributed by atoms with Crippen molar-refractivity contribution < 1.29 is 19.3 Å². The van der Waals surface area contributed by atoms with Crippen LogP contribution in [0.3, 0.4) is 0 Å². The second-order valence-electron chi connectivity index (χ2n) is 5.95. The number of hydrogen-bond donors (Lipinski definition) is 2. The minimum Gasteiger partial charge on any atom is -0.487 e. The lowest BCUT2D eigenvalue weighted by Gasteiger charge is -2.16. The summed E-state index contributed by atoms with van der Waals surface area (Å²) in [5, 5.41) is 13.6. The van der Waals surface area contributed by atoms with Gasteiger partial charge in [0.15, 0.2) is 17.8 Å². The molecule has 1 aromatic heterocycles. The van der Waals surface area contributed by atoms with Crippen LogP contribution in [0.25, 0.3) is 10.9 Å². The lowest BCUT2D eigenvalue weighted by molar-refractivity contribution is -0.00273. The average molecular weight is 416 g/mol. The van der Waals surface area contributed by atoms with Crippen molar-refractivity contribution in [3.05, 3.63) is 48.3 Å². The van der Waals surface area contributed by atoms with Gasteiger partial charge in [0.05, 0.1) is 12.1 Å². The first-order valence-electron chi connectivity index (χ1n) is 8.69. The molecule has 0 aliphatic carbocycles. The van der Waals surface area contributed by atoms with Crippen molar-refractivity contribution in [1.29, 1.82) is 0 Å². The second kappa shape index (κ2) is 10.5. The van der Waals surface area contributed by atoms with Gasteiger partial charge >= 0.3 is 0 Å². The van der Waals surface area contributed by atoms with Crippen molar-refractivity contribution in [3.63, 3.8) is 0 Å². The summed E-state index contributed by atoms with van der Waals surface area (Å²) in [5.41, 5.74) is 2.22. The third-order valence-corrected chi connectivity index (χ3v) is 3.84. The zero-order valence-electron chi connectivity index (χ0n) is 16.1. The Hall–Kier alpha value is -3.05. The molecule has 7 nitrogen and oxygen atoms in total. The maximum absolute atomic E-state index is 9.67. The Labute approximate surface area is 175 Å². The van der Waals surface area contributed by atoms with Gasteiger partial charge in [0, 0.05) is 29.8 Å². The summed E-state index contributed by atoms with van der Waals surface area (Å²) in [7, 11) is 1.59. The molecule has 0 bridgehead atoms. The quantitative estimate of drug-likeness (QED) is 0.330. The number of aliphatic hydroxyl groups is 1. The van der Waals surface area contributed by atoms with Crippen LogP contribution in [-0.4, -0.2) is 41.7 Å². The smallest absolute Gasteiger partial charge is 0.194 e. The summed E-state index contributed by atoms with van der Waals surface area (Å²) in [6, 6.07) is 10.9. The van der Waals surface area contributed by atoms with E-state index in [1.54, 1.807) is 19.2 Å². The Morgan fingerprint density at radius 2 is 2.00 bits per heavy atom. The maximum Gasteiger partial charge on any atom is 0.194 e. The number of aliphatic hydroxyl groups excluding tert-OH is 1. The molecule has 0 spiro atoms. The predicted octanol–water partition coefficient (Wildman–Crippen LogP) is 3.52. The third-order valence-electron chi connectivity index (χ3n) is 3.84. The van der Waals surface area contributed by atoms with Gasteiger partial charge in [-0.3, -0.25) is 0 Å². The SMILES string of the molecule is C#Cc1cccc(Nc2ncnc3cc(OCCOC)c(OC(C)O)cc23)c1.Cl. The Balaban J connectivity index is 0.00000300. The normalized spacial score (nSPS) is 11.2. The van der Waals surface area contributed by atoms with Crippen LogP contribution in [0.15, 0.2) is 42.7 Å². The first-order valence-corrected chi connectivity index (χ1v) is 8.69. The predicted molar refractivity (Wildman–Crippen MR) is 114 cm³/mol. The van der Waals surface area contributed by atoms with E-state index < -0.39 is 6.29 Å². The Kier molecular flexibility index (Phi) is 8.04. The van der Waals surface area contributed by atoms with E-state index in [9.17, 15) is 5.11 Å². The van der Waals surface area contributed by atoms with Gasteiger partial charge in [0.2, 0.25) is 0 Å². The molecule has 0 amide bonds. The number of terminal acetylenes is 1. The van der Waals surface area contributed by atoms with Crippen molar-refractivity contribution >= 4 is 34.8 Å². The third kappa shape index (κ3) is 5.72. The molecule has 0 radical (unpaired) electrons. The summed E-state index contributed by atoms with van der Waals surface area (Å²) in [5.74, 6) is 4.03. The molecule has 1 atom stereocenters. The van der Waals surface area contributed by atoms with Crippen LogP contribution < -0.4 is 14.8 Å². The van der Waals surface area contributed by atoms with E-state index in [4.69, 9.17) is 20.6 Å². The lowest BCUT2D eigenvalue weighted by Crippen LogP contribution is -2.12. The van der Waals surface area contributed by atoms with E-state index in [-0.39, 0.29) is 12.4 Å². The topological polar surface area (TPSA) is 85.7 Å². The Bertz CT molecular complexity index is 1000. The van der Waals surface area contributed by atoms with Crippen molar-refractivity contribution in [2.24, 2.45) is 0 Å². The van der Waals surface area contributed by atoms with Crippen LogP contribution in [0, 0.1) is 12.3 Å². The molecule has 1 heterocycles. The Morgan fingerprint density at radius 1 is 1.17 bits per heavy atom. The van der Waals surface area contributed by atoms with Crippen LogP contribution >= 0.6 is 12.4 Å². The number of nitrogens with one attached hydrogen (secondary N) is 1. The minimum absolute atomic E-state index is 0. The lowest BCUT2D eigenvalue weighted by atomic mass is 10.2. The van der Waals surface area contributed by atoms with Crippen molar-refractivity contribution in [2.45, 2.75) is 13.2 Å². The monoisotopic (exact) mass is 415 g/mol. The number of nitrogens with zero attached hydrogens (tertiary/aromatic N) is 2. The zero-order valence-corrected chi connectivity index (χ0v) is 16.9. The fourth-order valence-corrected chi connectivity index (χ4v) is 2.61. The van der Waals surface area contributed by atoms with Crippen molar-refractivity contribution in [3.8, 4) is 23.8 Å². The summed E-state index contributed by atoms with van der Waals surface area (Å²) in [6.45, 7) is 2.29. The van der Waals surface area contributed by atoms with Crippen LogP contribution in [-0.2, 0) is 4.74 Å². The van der Waals surface area contributed by atoms with Crippen molar-refractivity contribution in [2.75, 3.05) is 25.6 Å². The molecular weight excluding hydrogens is 394 g/mol. The number of hydrogen-bond acceptors (Lipinski definition) is 7. The van der Waals surface area contributed by atoms with Gasteiger partial charge < -0.3 is 24.6 Å². The van der Waals surface area contributed by atoms with E-state index in [0.717, 1.165) is 11.3 Å². The molecule has 0 aliphatic heterocycles. The highest BCUT2D eigenvalue weighted by Gasteiger charge is 2.14. The van der Waals surface area contributed by atoms with Crippen molar-refractivity contribution in [1.82, 2.24) is 9.97 Å². The molecule has 2 N–H and O–H groups in total. The number of methoxy groups -OCH3 is 1. The molecule has 1 unspecified atom stereocenters. The molecule has 0 fully saturated rings. The molecule has 3 rings (SSSR count).